The Kier molecular flexibility index (Phi) is 7.99. The van der Waals surface area contributed by atoms with Crippen molar-refractivity contribution < 1.29 is 44.1 Å². The fourth-order valence-corrected chi connectivity index (χ4v) is 8.06. The van der Waals surface area contributed by atoms with Crippen LogP contribution in [0, 0.1) is 18.5 Å². The van der Waals surface area contributed by atoms with E-state index >= 15 is 0 Å². The van der Waals surface area contributed by atoms with Gasteiger partial charge in [0.25, 0.3) is 6.33 Å². The normalized spacial score (nSPS) is 13.7. The van der Waals surface area contributed by atoms with E-state index in [0.29, 0.717) is 39.7 Å². The van der Waals surface area contributed by atoms with Gasteiger partial charge in [0, 0.05) is 49.7 Å². The average molecular weight is 1020 g/mol. The predicted molar refractivity (Wildman–Crippen MR) is 253 cm³/mol. The second-order valence-electron chi connectivity index (χ2n) is 15.9. The van der Waals surface area contributed by atoms with E-state index in [2.05, 4.69) is 63.5 Å². The molecule has 7 heteroatoms. The van der Waals surface area contributed by atoms with Crippen molar-refractivity contribution in [1.82, 2.24) is 19.1 Å². The van der Waals surface area contributed by atoms with E-state index in [-0.39, 0.29) is 54.4 Å². The van der Waals surface area contributed by atoms with Crippen LogP contribution in [0.2, 0.25) is 0 Å². The van der Waals surface area contributed by atoms with Crippen LogP contribution in [-0.2, 0) is 26.5 Å². The summed E-state index contributed by atoms with van der Waals surface area (Å²) in [6, 6.07) is 41.2. The zero-order valence-corrected chi connectivity index (χ0v) is 36.9. The summed E-state index contributed by atoms with van der Waals surface area (Å²) in [4.78, 5) is 9.92. The number of imidazole rings is 1. The van der Waals surface area contributed by atoms with E-state index in [1.54, 1.807) is 57.8 Å². The van der Waals surface area contributed by atoms with Gasteiger partial charge in [-0.1, -0.05) is 178 Å². The number of hydrogen-bond donors (Lipinski definition) is 0. The van der Waals surface area contributed by atoms with Gasteiger partial charge in [0.05, 0.1) is 41.6 Å². The van der Waals surface area contributed by atoms with Gasteiger partial charge >= 0.3 is 0 Å². The molecule has 0 fully saturated rings. The number of para-hydroxylation sites is 4. The fraction of sp³-hybridized carbons (Fsp3) is 0.0702. The molecule has 0 spiro atoms. The number of aromatic nitrogens is 5. The van der Waals surface area contributed by atoms with Gasteiger partial charge in [-0.05, 0) is 45.0 Å². The number of benzene rings is 8. The Morgan fingerprint density at radius 1 is 0.609 bits per heavy atom. The van der Waals surface area contributed by atoms with E-state index < -0.39 is 60.4 Å². The van der Waals surface area contributed by atoms with Gasteiger partial charge in [-0.3, -0.25) is 4.57 Å². The molecule has 0 aliphatic rings. The molecule has 0 unspecified atom stereocenters. The third-order valence-corrected chi connectivity index (χ3v) is 10.9. The summed E-state index contributed by atoms with van der Waals surface area (Å²) >= 11 is 0. The van der Waals surface area contributed by atoms with Crippen LogP contribution in [0.3, 0.4) is 0 Å². The molecule has 0 radical (unpaired) electrons. The Hall–Kier alpha value is -7.40. The first-order valence-electron chi connectivity index (χ1n) is 25.4. The molecule has 3 heterocycles. The van der Waals surface area contributed by atoms with Crippen molar-refractivity contribution in [1.29, 1.82) is 0 Å². The van der Waals surface area contributed by atoms with Crippen LogP contribution in [0.5, 0.6) is 11.5 Å². The molecule has 11 rings (SSSR count). The summed E-state index contributed by atoms with van der Waals surface area (Å²) in [5.41, 5.74) is 6.03. The Morgan fingerprint density at radius 2 is 1.27 bits per heavy atom. The topological polar surface area (TPSA) is 48.8 Å². The van der Waals surface area contributed by atoms with Crippen molar-refractivity contribution >= 4 is 32.8 Å². The zero-order valence-electron chi connectivity index (χ0n) is 44.7. The van der Waals surface area contributed by atoms with Crippen LogP contribution in [0.1, 0.15) is 40.2 Å². The van der Waals surface area contributed by atoms with Crippen molar-refractivity contribution in [2.75, 3.05) is 0 Å². The Morgan fingerprint density at radius 3 is 2.00 bits per heavy atom. The van der Waals surface area contributed by atoms with Gasteiger partial charge in [0.2, 0.25) is 5.95 Å². The van der Waals surface area contributed by atoms with Crippen LogP contribution >= 0.6 is 0 Å². The summed E-state index contributed by atoms with van der Waals surface area (Å²) in [6.45, 7) is 6.34. The summed E-state index contributed by atoms with van der Waals surface area (Å²) in [5.74, 6) is 1.22. The first kappa shape index (κ1) is 30.6. The van der Waals surface area contributed by atoms with E-state index in [1.165, 1.54) is 0 Å². The van der Waals surface area contributed by atoms with Gasteiger partial charge in [0.1, 0.15) is 0 Å². The fourth-order valence-electron chi connectivity index (χ4n) is 8.06. The minimum Gasteiger partial charge on any atom is -0.510 e. The molecule has 64 heavy (non-hydrogen) atoms. The van der Waals surface area contributed by atoms with E-state index in [4.69, 9.17) is 28.4 Å². The third-order valence-electron chi connectivity index (χ3n) is 10.9. The first-order chi connectivity index (χ1) is 35.0. The maximum atomic E-state index is 9.03. The summed E-state index contributed by atoms with van der Waals surface area (Å²) in [7, 11) is 0. The first-order valence-corrected chi connectivity index (χ1v) is 20.4. The van der Waals surface area contributed by atoms with Crippen molar-refractivity contribution in [3.8, 4) is 62.2 Å². The Balaban J connectivity index is 0.00000626. The minimum absolute atomic E-state index is 0. The standard InChI is InChI=1S/C57H41N5O.Pt/c1-57(2,3)53-34-35-58-56(59-53)62-52-37-44(32-33-48(52)49-29-17-28-47(55(49)62)41-22-11-6-12-23-41)63-43-25-15-24-42(36-43)60-38-61(51-31-14-13-30-50(51)60)54-45(39-18-7-4-8-19-39)26-16-27-46(54)40-20-9-5-10-21-40;/h4-35H,1-3H3;/q-2;/i4D,5D,7D,8D,9D,10D,18D,19D,20D,21D;. The van der Waals surface area contributed by atoms with Gasteiger partial charge in [-0.15, -0.1) is 29.7 Å². The molecule has 3 aromatic heterocycles. The molecule has 0 N–H and O–H groups in total. The van der Waals surface area contributed by atoms with Crippen molar-refractivity contribution in [3.63, 3.8) is 0 Å². The van der Waals surface area contributed by atoms with Crippen LogP contribution in [0.4, 0.5) is 0 Å². The van der Waals surface area contributed by atoms with Crippen molar-refractivity contribution in [3.05, 3.63) is 218 Å². The van der Waals surface area contributed by atoms with Gasteiger partial charge in [0.15, 0.2) is 0 Å². The number of rotatable bonds is 8. The van der Waals surface area contributed by atoms with Crippen molar-refractivity contribution in [2.45, 2.75) is 26.2 Å². The Bertz CT molecular complexity index is 3930. The van der Waals surface area contributed by atoms with Gasteiger partial charge in [-0.2, -0.15) is 18.2 Å². The molecule has 312 valence electrons. The van der Waals surface area contributed by atoms with Crippen LogP contribution < -0.4 is 9.30 Å². The smallest absolute Gasteiger partial charge is 0.268 e. The number of hydrogen-bond acceptors (Lipinski definition) is 3. The summed E-state index contributed by atoms with van der Waals surface area (Å²) in [6.07, 6.45) is 5.19. The molecular weight excluding hydrogens is 966 g/mol. The summed E-state index contributed by atoms with van der Waals surface area (Å²) < 4.78 is 99.1. The van der Waals surface area contributed by atoms with Crippen molar-refractivity contribution in [2.24, 2.45) is 0 Å². The van der Waals surface area contributed by atoms with Gasteiger partial charge < -0.3 is 13.9 Å². The molecule has 0 bridgehead atoms. The predicted octanol–water partition coefficient (Wildman–Crippen LogP) is 13.3. The molecule has 0 aliphatic carbocycles. The number of nitrogens with zero attached hydrogens (tertiary/aromatic N) is 5. The van der Waals surface area contributed by atoms with E-state index in [0.717, 1.165) is 33.1 Å². The molecule has 11 aromatic rings. The third kappa shape index (κ3) is 7.30. The largest absolute Gasteiger partial charge is 0.510 e. The molecule has 0 saturated heterocycles. The second-order valence-corrected chi connectivity index (χ2v) is 15.9. The summed E-state index contributed by atoms with van der Waals surface area (Å²) in [5, 5.41) is 1.91. The molecule has 6 nitrogen and oxygen atoms in total. The molecule has 0 amide bonds. The second kappa shape index (κ2) is 16.7. The van der Waals surface area contributed by atoms with E-state index in [1.807, 2.05) is 65.2 Å². The number of fused-ring (bicyclic) bond motifs is 4. The monoisotopic (exact) mass is 1020 g/mol. The minimum atomic E-state index is -0.576. The maximum Gasteiger partial charge on any atom is 0.268 e. The average Bonchev–Trinajstić information content (AvgIpc) is 3.96. The molecular formula is C57H41N5OPt-2. The number of ether oxygens (including phenoxy) is 1. The molecule has 0 atom stereocenters. The van der Waals surface area contributed by atoms with E-state index in [9.17, 15) is 0 Å². The zero-order chi connectivity index (χ0) is 51.2. The maximum absolute atomic E-state index is 9.03. The SMILES string of the molecule is [2H]c1c([2H])c([2H])c(-c2cccc(-c3c([2H])c([2H])c([2H])c([2H])c3[2H])c2-[n+]2[c-]n(-c3[c-]c(Oc4[c-]c5c(cc4)c4cccc(-c6ccccc6)c4n5-c4nccc(C(C)(C)C)n4)ccc3)c3ccccc32)c([2H])c1[2H].[Pt]. The van der Waals surface area contributed by atoms with Crippen LogP contribution in [0.15, 0.2) is 194 Å². The van der Waals surface area contributed by atoms with Crippen LogP contribution in [-0.4, -0.2) is 19.1 Å². The Labute approximate surface area is 401 Å². The van der Waals surface area contributed by atoms with Crippen LogP contribution in [0.25, 0.3) is 83.5 Å². The molecule has 0 aliphatic heterocycles. The van der Waals surface area contributed by atoms with Gasteiger partial charge in [-0.25, -0.2) is 9.97 Å². The molecule has 0 saturated carbocycles. The molecule has 8 aromatic carbocycles. The quantitative estimate of drug-likeness (QED) is 0.113.